The first-order valence-electron chi connectivity index (χ1n) is 10.5. The fourth-order valence-corrected chi connectivity index (χ4v) is 4.83. The van der Waals surface area contributed by atoms with E-state index in [2.05, 4.69) is 39.3 Å². The summed E-state index contributed by atoms with van der Waals surface area (Å²) in [5.41, 5.74) is 6.10. The highest BCUT2D eigenvalue weighted by Gasteiger charge is 2.24. The topological polar surface area (TPSA) is 53.0 Å². The summed E-state index contributed by atoms with van der Waals surface area (Å²) in [6.45, 7) is 5.45. The van der Waals surface area contributed by atoms with Gasteiger partial charge in [-0.05, 0) is 51.4 Å². The predicted molar refractivity (Wildman–Crippen MR) is 121 cm³/mol. The molecule has 0 amide bonds. The zero-order valence-corrected chi connectivity index (χ0v) is 18.2. The lowest BCUT2D eigenvalue weighted by Gasteiger charge is -2.39. The number of thiazole rings is 1. The van der Waals surface area contributed by atoms with Gasteiger partial charge < -0.3 is 19.9 Å². The van der Waals surface area contributed by atoms with Gasteiger partial charge in [0.2, 0.25) is 0 Å². The van der Waals surface area contributed by atoms with Crippen LogP contribution in [-0.4, -0.2) is 73.5 Å². The Morgan fingerprint density at radius 1 is 1.24 bits per heavy atom. The molecule has 2 aliphatic rings. The number of rotatable bonds is 8. The molecule has 1 fully saturated rings. The van der Waals surface area contributed by atoms with Crippen LogP contribution in [0.1, 0.15) is 31.4 Å². The van der Waals surface area contributed by atoms with Crippen molar-refractivity contribution in [3.8, 4) is 0 Å². The Bertz CT molecular complexity index is 836. The molecule has 0 spiro atoms. The number of hydrogen-bond donors (Lipinski definition) is 1. The Morgan fingerprint density at radius 3 is 3.03 bits per heavy atom. The summed E-state index contributed by atoms with van der Waals surface area (Å²) >= 11 is 1.65. The second-order valence-corrected chi connectivity index (χ2v) is 8.76. The van der Waals surface area contributed by atoms with Crippen LogP contribution >= 0.6 is 11.3 Å². The van der Waals surface area contributed by atoms with Crippen molar-refractivity contribution < 1.29 is 4.74 Å². The van der Waals surface area contributed by atoms with Crippen molar-refractivity contribution in [2.24, 2.45) is 4.99 Å². The maximum atomic E-state index is 5.28. The molecule has 1 aromatic heterocycles. The van der Waals surface area contributed by atoms with E-state index in [9.17, 15) is 0 Å². The fourth-order valence-electron chi connectivity index (χ4n) is 4.12. The summed E-state index contributed by atoms with van der Waals surface area (Å²) in [6.07, 6.45) is 4.40. The number of nitrogens with one attached hydrogen (secondary N) is 1. The number of likely N-dealkylation sites (N-methyl/N-ethyl adjacent to an activating group) is 1. The molecule has 0 radical (unpaired) electrons. The zero-order chi connectivity index (χ0) is 20.1. The third-order valence-electron chi connectivity index (χ3n) is 5.90. The molecule has 1 N–H and O–H groups in total. The Labute approximate surface area is 177 Å². The molecule has 3 heterocycles. The molecule has 1 saturated heterocycles. The molecule has 0 aliphatic carbocycles. The molecule has 2 aromatic rings. The van der Waals surface area contributed by atoms with E-state index in [-0.39, 0.29) is 0 Å². The Kier molecular flexibility index (Phi) is 6.92. The monoisotopic (exact) mass is 413 g/mol. The second kappa shape index (κ2) is 9.80. The van der Waals surface area contributed by atoms with E-state index >= 15 is 0 Å². The van der Waals surface area contributed by atoms with E-state index in [0.717, 1.165) is 79.8 Å². The normalized spacial score (nSPS) is 19.8. The van der Waals surface area contributed by atoms with Crippen LogP contribution in [0.5, 0.6) is 0 Å². The molecule has 4 rings (SSSR count). The van der Waals surface area contributed by atoms with Gasteiger partial charge in [-0.15, -0.1) is 11.3 Å². The van der Waals surface area contributed by atoms with Gasteiger partial charge in [-0.2, -0.15) is 0 Å². The van der Waals surface area contributed by atoms with Crippen molar-refractivity contribution in [3.63, 3.8) is 0 Å². The number of methoxy groups -OCH3 is 1. The zero-order valence-electron chi connectivity index (χ0n) is 17.4. The van der Waals surface area contributed by atoms with Crippen molar-refractivity contribution >= 4 is 33.4 Å². The lowest BCUT2D eigenvalue weighted by atomic mass is 10.1. The van der Waals surface area contributed by atoms with Crippen molar-refractivity contribution in [2.45, 2.75) is 31.7 Å². The van der Waals surface area contributed by atoms with Crippen LogP contribution in [-0.2, 0) is 4.74 Å². The van der Waals surface area contributed by atoms with Gasteiger partial charge in [-0.3, -0.25) is 0 Å². The van der Waals surface area contributed by atoms with Gasteiger partial charge in [-0.1, -0.05) is 12.1 Å². The van der Waals surface area contributed by atoms with E-state index in [1.165, 1.54) is 6.42 Å². The highest BCUT2D eigenvalue weighted by Crippen LogP contribution is 2.36. The van der Waals surface area contributed by atoms with E-state index in [1.807, 2.05) is 17.6 Å². The molecule has 156 valence electrons. The average molecular weight is 414 g/mol. The minimum Gasteiger partial charge on any atom is -0.385 e. The molecule has 0 bridgehead atoms. The van der Waals surface area contributed by atoms with Gasteiger partial charge in [-0.25, -0.2) is 9.98 Å². The van der Waals surface area contributed by atoms with Gasteiger partial charge in [0, 0.05) is 39.4 Å². The fraction of sp³-hybridized carbons (Fsp3) is 0.545. The molecule has 6 nitrogen and oxygen atoms in total. The maximum absolute atomic E-state index is 5.28. The van der Waals surface area contributed by atoms with Crippen molar-refractivity contribution in [2.75, 3.05) is 52.3 Å². The number of piperazine rings is 1. The molecule has 29 heavy (non-hydrogen) atoms. The van der Waals surface area contributed by atoms with Crippen LogP contribution in [0.4, 0.5) is 16.4 Å². The Morgan fingerprint density at radius 2 is 2.14 bits per heavy atom. The van der Waals surface area contributed by atoms with Gasteiger partial charge in [0.15, 0.2) is 0 Å². The Balaban J connectivity index is 1.32. The summed E-state index contributed by atoms with van der Waals surface area (Å²) < 4.78 is 5.28. The van der Waals surface area contributed by atoms with Gasteiger partial charge in [0.1, 0.15) is 10.7 Å². The molecule has 1 atom stereocenters. The second-order valence-electron chi connectivity index (χ2n) is 7.90. The van der Waals surface area contributed by atoms with Crippen LogP contribution in [0.25, 0.3) is 0 Å². The minimum atomic E-state index is 0.607. The smallest absolute Gasteiger partial charge is 0.122 e. The molecule has 2 aliphatic heterocycles. The van der Waals surface area contributed by atoms with E-state index < -0.39 is 0 Å². The highest BCUT2D eigenvalue weighted by atomic mass is 32.1. The first-order chi connectivity index (χ1) is 14.2. The molecular formula is C22H31N5OS. The SMILES string of the molecule is COCC[C@H]1CN(CCCCC2=Nc3ccccc3Nc3scnc32)CCN1C. The molecule has 0 saturated carbocycles. The average Bonchev–Trinajstić information content (AvgIpc) is 3.14. The quantitative estimate of drug-likeness (QED) is 0.659. The molecular weight excluding hydrogens is 382 g/mol. The first kappa shape index (κ1) is 20.5. The number of unbranched alkanes of at least 4 members (excludes halogenated alkanes) is 1. The van der Waals surface area contributed by atoms with Crippen molar-refractivity contribution in [1.29, 1.82) is 0 Å². The molecule has 0 unspecified atom stereocenters. The number of ether oxygens (including phenoxy) is 1. The minimum absolute atomic E-state index is 0.607. The maximum Gasteiger partial charge on any atom is 0.122 e. The molecule has 1 aromatic carbocycles. The van der Waals surface area contributed by atoms with Crippen LogP contribution < -0.4 is 5.32 Å². The number of anilines is 2. The predicted octanol–water partition coefficient (Wildman–Crippen LogP) is 4.14. The summed E-state index contributed by atoms with van der Waals surface area (Å²) in [4.78, 5) is 14.6. The van der Waals surface area contributed by atoms with Gasteiger partial charge >= 0.3 is 0 Å². The van der Waals surface area contributed by atoms with Crippen LogP contribution in [0.3, 0.4) is 0 Å². The molecule has 7 heteroatoms. The lowest BCUT2D eigenvalue weighted by molar-refractivity contribution is 0.0696. The van der Waals surface area contributed by atoms with Crippen molar-refractivity contribution in [3.05, 3.63) is 35.5 Å². The third kappa shape index (κ3) is 5.04. The first-order valence-corrected chi connectivity index (χ1v) is 11.4. The Hall–Kier alpha value is -1.80. The largest absolute Gasteiger partial charge is 0.385 e. The number of aromatic nitrogens is 1. The van der Waals surface area contributed by atoms with Crippen LogP contribution in [0.15, 0.2) is 34.8 Å². The highest BCUT2D eigenvalue weighted by molar-refractivity contribution is 7.14. The summed E-state index contributed by atoms with van der Waals surface area (Å²) in [5.74, 6) is 0. The van der Waals surface area contributed by atoms with E-state index in [0.29, 0.717) is 6.04 Å². The third-order valence-corrected chi connectivity index (χ3v) is 6.64. The number of aliphatic imine (C=N–C) groups is 1. The summed E-state index contributed by atoms with van der Waals surface area (Å²) in [5, 5.41) is 4.60. The van der Waals surface area contributed by atoms with Gasteiger partial charge in [0.05, 0.1) is 22.6 Å². The lowest BCUT2D eigenvalue weighted by Crippen LogP contribution is -2.51. The number of para-hydroxylation sites is 2. The number of nitrogens with zero attached hydrogens (tertiary/aromatic N) is 4. The van der Waals surface area contributed by atoms with Crippen molar-refractivity contribution in [1.82, 2.24) is 14.8 Å². The van der Waals surface area contributed by atoms with E-state index in [1.54, 1.807) is 18.4 Å². The summed E-state index contributed by atoms with van der Waals surface area (Å²) in [6, 6.07) is 8.85. The number of benzene rings is 1. The number of fused-ring (bicyclic) bond motifs is 2. The van der Waals surface area contributed by atoms with Gasteiger partial charge in [0.25, 0.3) is 0 Å². The van der Waals surface area contributed by atoms with E-state index in [4.69, 9.17) is 9.73 Å². The standard InChI is InChI=1S/C22H31N5OS/c1-26-12-13-27(15-17(26)10-14-28-2)11-6-5-9-20-21-22(29-16-23-21)25-19-8-4-3-7-18(19)24-20/h3-4,7-8,16-17,25H,5-6,9-15H2,1-2H3/t17-/m0/s1. The number of hydrogen-bond acceptors (Lipinski definition) is 7. The van der Waals surface area contributed by atoms with Crippen LogP contribution in [0.2, 0.25) is 0 Å². The van der Waals surface area contributed by atoms with Crippen LogP contribution in [0, 0.1) is 0 Å². The summed E-state index contributed by atoms with van der Waals surface area (Å²) in [7, 11) is 4.03.